The molecular weight excluding hydrogens is 840 g/mol. The number of likely N-dealkylation sites (tertiary alicyclic amines) is 1. The van der Waals surface area contributed by atoms with E-state index >= 15 is 0 Å². The van der Waals surface area contributed by atoms with Gasteiger partial charge < -0.3 is 35.6 Å². The highest BCUT2D eigenvalue weighted by Gasteiger charge is 2.43. The molecular formula is C48H59N4O9PS. The Hall–Kier alpha value is -5.69. The Bertz CT molecular complexity index is 2230. The highest BCUT2D eigenvalue weighted by molar-refractivity contribution is 7.51. The highest BCUT2D eigenvalue weighted by atomic mass is 32.1. The number of benzene rings is 3. The van der Waals surface area contributed by atoms with Crippen molar-refractivity contribution in [3.63, 3.8) is 0 Å². The summed E-state index contributed by atoms with van der Waals surface area (Å²) in [5.74, 6) is -2.98. The van der Waals surface area contributed by atoms with Crippen LogP contribution < -0.4 is 20.5 Å². The van der Waals surface area contributed by atoms with Crippen molar-refractivity contribution in [1.82, 2.24) is 10.2 Å². The standard InChI is InChI=1S/C40H48N4O7.C8H11O2PS/c1-5-6-8-26-10-12-28(13-11-26)25-44(31-21-19-30(20-22-31)36(41)47)37(48)32-9-7-24-43(32)38(49)35(40(2,3)4)42-33(45)23-16-27-14-17-29(18-15-27)34(46)39(50)51;1-6(9)7-4-5-8(12-7)10-11(2)3/h10-23,32,34-35,46H,5-9,24-25H2,1-4H3,(H2,41,47)(H,42,45)(H,50,51);4-5H,1-3H3/b23-16+;. The van der Waals surface area contributed by atoms with Crippen LogP contribution in [0.5, 0.6) is 5.06 Å². The van der Waals surface area contributed by atoms with Crippen LogP contribution in [0, 0.1) is 5.41 Å². The number of Topliss-reactive ketones (excluding diaryl/α,β-unsaturated/α-hetero) is 1. The summed E-state index contributed by atoms with van der Waals surface area (Å²) >= 11 is 1.41. The summed E-state index contributed by atoms with van der Waals surface area (Å²) in [5.41, 5.74) is 8.58. The maximum atomic E-state index is 14.4. The van der Waals surface area contributed by atoms with Crippen LogP contribution in [0.3, 0.4) is 0 Å². The quantitative estimate of drug-likeness (QED) is 0.0461. The number of carboxylic acid groups (broad SMARTS) is 1. The van der Waals surface area contributed by atoms with Gasteiger partial charge in [0.05, 0.1) is 19.6 Å². The lowest BCUT2D eigenvalue weighted by Gasteiger charge is -2.36. The molecule has 1 aromatic heterocycles. The molecule has 3 aromatic carbocycles. The summed E-state index contributed by atoms with van der Waals surface area (Å²) in [6, 6.07) is 22.7. The lowest BCUT2D eigenvalue weighted by molar-refractivity contribution is -0.147. The maximum absolute atomic E-state index is 14.4. The number of aliphatic hydroxyl groups excluding tert-OH is 1. The summed E-state index contributed by atoms with van der Waals surface area (Å²) in [6.07, 6.45) is 5.38. The van der Waals surface area contributed by atoms with Crippen molar-refractivity contribution in [2.45, 2.75) is 91.5 Å². The van der Waals surface area contributed by atoms with Crippen LogP contribution >= 0.6 is 19.5 Å². The number of aliphatic hydroxyl groups is 1. The summed E-state index contributed by atoms with van der Waals surface area (Å²) < 4.78 is 5.48. The summed E-state index contributed by atoms with van der Waals surface area (Å²) in [5, 5.41) is 22.4. The monoisotopic (exact) mass is 898 g/mol. The van der Waals surface area contributed by atoms with Crippen LogP contribution in [-0.2, 0) is 32.1 Å². The molecule has 4 aromatic rings. The molecule has 1 saturated heterocycles. The Kier molecular flexibility index (Phi) is 18.3. The first kappa shape index (κ1) is 50.0. The number of rotatable bonds is 17. The number of thiophene rings is 1. The number of aliphatic carboxylic acids is 1. The zero-order valence-corrected chi connectivity index (χ0v) is 38.7. The number of nitrogens with two attached hydrogens (primary N) is 1. The lowest BCUT2D eigenvalue weighted by atomic mass is 9.85. The molecule has 5 rings (SSSR count). The first-order valence-electron chi connectivity index (χ1n) is 20.8. The molecule has 1 aliphatic rings. The van der Waals surface area contributed by atoms with Crippen molar-refractivity contribution in [3.05, 3.63) is 124 Å². The van der Waals surface area contributed by atoms with Crippen LogP contribution in [0.1, 0.15) is 109 Å². The molecule has 5 N–H and O–H groups in total. The van der Waals surface area contributed by atoms with Gasteiger partial charge in [-0.15, -0.1) is 0 Å². The van der Waals surface area contributed by atoms with E-state index in [1.54, 1.807) is 59.2 Å². The Morgan fingerprint density at radius 2 is 1.59 bits per heavy atom. The molecule has 336 valence electrons. The van der Waals surface area contributed by atoms with Crippen LogP contribution in [-0.4, -0.2) is 82.5 Å². The third-order valence-electron chi connectivity index (χ3n) is 10.2. The molecule has 0 bridgehead atoms. The van der Waals surface area contributed by atoms with Gasteiger partial charge in [0.1, 0.15) is 12.1 Å². The van der Waals surface area contributed by atoms with Gasteiger partial charge in [-0.25, -0.2) is 4.79 Å². The molecule has 2 heterocycles. The number of hydrogen-bond acceptors (Lipinski definition) is 9. The van der Waals surface area contributed by atoms with Gasteiger partial charge in [-0.2, -0.15) is 0 Å². The van der Waals surface area contributed by atoms with Gasteiger partial charge in [0.25, 0.3) is 0 Å². The number of hydrogen-bond donors (Lipinski definition) is 4. The number of carbonyl (C=O) groups is 6. The molecule has 1 fully saturated rings. The zero-order valence-electron chi connectivity index (χ0n) is 37.0. The van der Waals surface area contributed by atoms with Crippen molar-refractivity contribution in [2.24, 2.45) is 11.1 Å². The van der Waals surface area contributed by atoms with Crippen molar-refractivity contribution in [2.75, 3.05) is 24.8 Å². The zero-order chi connectivity index (χ0) is 46.4. The minimum Gasteiger partial charge on any atom is -0.479 e. The van der Waals surface area contributed by atoms with E-state index in [0.29, 0.717) is 36.2 Å². The van der Waals surface area contributed by atoms with Crippen LogP contribution in [0.4, 0.5) is 5.69 Å². The Labute approximate surface area is 375 Å². The number of amides is 4. The lowest BCUT2D eigenvalue weighted by Crippen LogP contribution is -2.57. The van der Waals surface area contributed by atoms with E-state index < -0.39 is 41.4 Å². The number of anilines is 1. The van der Waals surface area contributed by atoms with Crippen molar-refractivity contribution < 1.29 is 43.5 Å². The average Bonchev–Trinajstić information content (AvgIpc) is 3.94. The third kappa shape index (κ3) is 14.7. The number of carboxylic acids is 1. The fourth-order valence-corrected chi connectivity index (χ4v) is 8.44. The third-order valence-corrected chi connectivity index (χ3v) is 12.0. The molecule has 1 aliphatic heterocycles. The van der Waals surface area contributed by atoms with Gasteiger partial charge in [-0.1, -0.05) is 94.0 Å². The van der Waals surface area contributed by atoms with Crippen molar-refractivity contribution >= 4 is 66.6 Å². The Morgan fingerprint density at radius 3 is 2.13 bits per heavy atom. The number of nitrogens with one attached hydrogen (secondary N) is 1. The number of primary amides is 1. The van der Waals surface area contributed by atoms with E-state index in [0.717, 1.165) is 34.8 Å². The van der Waals surface area contributed by atoms with E-state index in [1.165, 1.54) is 41.2 Å². The average molecular weight is 899 g/mol. The van der Waals surface area contributed by atoms with E-state index in [2.05, 4.69) is 24.4 Å². The topological polar surface area (TPSA) is 197 Å². The molecule has 3 atom stereocenters. The molecule has 0 spiro atoms. The first-order valence-corrected chi connectivity index (χ1v) is 23.8. The van der Waals surface area contributed by atoms with Gasteiger partial charge in [-0.3, -0.25) is 24.0 Å². The predicted molar refractivity (Wildman–Crippen MR) is 249 cm³/mol. The normalized spacial score (nSPS) is 14.7. The fourth-order valence-electron chi connectivity index (χ4n) is 6.79. The summed E-state index contributed by atoms with van der Waals surface area (Å²) in [7, 11) is -0.384. The van der Waals surface area contributed by atoms with Gasteiger partial charge in [-0.05, 0) is 116 Å². The van der Waals surface area contributed by atoms with Gasteiger partial charge in [0.15, 0.2) is 17.0 Å². The molecule has 15 heteroatoms. The highest BCUT2D eigenvalue weighted by Crippen LogP contribution is 2.35. The molecule has 0 saturated carbocycles. The number of aryl methyl sites for hydroxylation is 1. The molecule has 0 aliphatic carbocycles. The second-order valence-corrected chi connectivity index (χ2v) is 19.4. The van der Waals surface area contributed by atoms with Gasteiger partial charge >= 0.3 is 5.97 Å². The second-order valence-electron chi connectivity index (χ2n) is 16.6. The maximum Gasteiger partial charge on any atom is 0.337 e. The SMILES string of the molecule is CC(=O)c1ccc(OP(C)C)s1.CCCCc1ccc(CN(C(=O)C2CCCN2C(=O)C(NC(=O)/C=C/c2ccc(C(O)C(=O)O)cc2)C(C)(C)C)c2ccc(C(N)=O)cc2)cc1. The van der Waals surface area contributed by atoms with Crippen LogP contribution in [0.15, 0.2) is 91.0 Å². The number of carbonyl (C=O) groups excluding carboxylic acids is 5. The van der Waals surface area contributed by atoms with Crippen molar-refractivity contribution in [3.8, 4) is 5.06 Å². The summed E-state index contributed by atoms with van der Waals surface area (Å²) in [6.45, 7) is 13.9. The number of ketones is 1. The summed E-state index contributed by atoms with van der Waals surface area (Å²) in [4.78, 5) is 79.5. The Morgan fingerprint density at radius 1 is 0.952 bits per heavy atom. The van der Waals surface area contributed by atoms with Crippen molar-refractivity contribution in [1.29, 1.82) is 0 Å². The predicted octanol–water partition coefficient (Wildman–Crippen LogP) is 8.00. The van der Waals surface area contributed by atoms with E-state index in [4.69, 9.17) is 15.4 Å². The fraction of sp³-hybridized carbons (Fsp3) is 0.375. The van der Waals surface area contributed by atoms with E-state index in [9.17, 15) is 33.9 Å². The smallest absolute Gasteiger partial charge is 0.337 e. The van der Waals surface area contributed by atoms with E-state index in [-0.39, 0.29) is 37.9 Å². The largest absolute Gasteiger partial charge is 0.479 e. The minimum absolute atomic E-state index is 0.103. The van der Waals surface area contributed by atoms with E-state index in [1.807, 2.05) is 52.3 Å². The molecule has 13 nitrogen and oxygen atoms in total. The minimum atomic E-state index is -1.65. The number of nitrogens with zero attached hydrogens (tertiary/aromatic N) is 2. The Balaban J connectivity index is 0.000000625. The van der Waals surface area contributed by atoms with Gasteiger partial charge in [0.2, 0.25) is 23.6 Å². The second kappa shape index (κ2) is 23.1. The molecule has 3 unspecified atom stereocenters. The first-order chi connectivity index (χ1) is 29.8. The van der Waals surface area contributed by atoms with Gasteiger partial charge in [0, 0.05) is 23.9 Å². The van der Waals surface area contributed by atoms with Crippen LogP contribution in [0.2, 0.25) is 0 Å². The molecule has 0 radical (unpaired) electrons. The molecule has 63 heavy (non-hydrogen) atoms. The number of unbranched alkanes of at least 4 members (excludes halogenated alkanes) is 1. The molecule has 4 amide bonds. The van der Waals surface area contributed by atoms with Crippen LogP contribution in [0.25, 0.3) is 6.08 Å².